The van der Waals surface area contributed by atoms with Crippen LogP contribution in [0, 0.1) is 0 Å². The second-order valence-corrected chi connectivity index (χ2v) is 10.2. The van der Waals surface area contributed by atoms with E-state index < -0.39 is 5.41 Å². The van der Waals surface area contributed by atoms with Gasteiger partial charge < -0.3 is 15.4 Å². The van der Waals surface area contributed by atoms with E-state index in [1.165, 1.54) is 18.2 Å². The predicted molar refractivity (Wildman–Crippen MR) is 139 cm³/mol. The number of benzene rings is 1. The van der Waals surface area contributed by atoms with Gasteiger partial charge in [-0.05, 0) is 75.0 Å². The van der Waals surface area contributed by atoms with Crippen LogP contribution in [-0.2, 0) is 27.9 Å². The number of ether oxygens (including phenoxy) is 1. The normalized spacial score (nSPS) is 15.4. The van der Waals surface area contributed by atoms with E-state index in [9.17, 15) is 9.59 Å². The Morgan fingerprint density at radius 2 is 2.00 bits per heavy atom. The molecule has 1 fully saturated rings. The van der Waals surface area contributed by atoms with Crippen molar-refractivity contribution in [1.82, 2.24) is 29.6 Å². The molecular weight excluding hydrogens is 470 g/mol. The highest BCUT2D eigenvalue weighted by atomic mass is 16.5. The second kappa shape index (κ2) is 8.81. The Labute approximate surface area is 213 Å². The molecule has 6 rings (SSSR count). The van der Waals surface area contributed by atoms with Crippen molar-refractivity contribution >= 4 is 28.6 Å². The Kier molecular flexibility index (Phi) is 5.56. The number of anilines is 2. The summed E-state index contributed by atoms with van der Waals surface area (Å²) in [6, 6.07) is 10.0. The van der Waals surface area contributed by atoms with Gasteiger partial charge in [-0.25, -0.2) is 14.3 Å². The summed E-state index contributed by atoms with van der Waals surface area (Å²) < 4.78 is 8.57. The number of methoxy groups -OCH3 is 1. The fourth-order valence-corrected chi connectivity index (χ4v) is 4.90. The van der Waals surface area contributed by atoms with Gasteiger partial charge in [0.1, 0.15) is 10.8 Å². The minimum atomic E-state index is -0.957. The number of pyridine rings is 1. The number of esters is 1. The maximum Gasteiger partial charge on any atom is 0.317 e. The maximum absolute atomic E-state index is 13.4. The summed E-state index contributed by atoms with van der Waals surface area (Å²) in [5.41, 5.74) is 4.15. The lowest BCUT2D eigenvalue weighted by Crippen LogP contribution is -2.31. The Balaban J connectivity index is 1.45. The molecule has 4 aromatic rings. The zero-order valence-electron chi connectivity index (χ0n) is 21.1. The molecule has 190 valence electrons. The van der Waals surface area contributed by atoms with Gasteiger partial charge in [-0.3, -0.25) is 14.6 Å². The topological polar surface area (TPSA) is 116 Å². The van der Waals surface area contributed by atoms with Crippen LogP contribution in [0.4, 0.5) is 11.6 Å². The van der Waals surface area contributed by atoms with Crippen LogP contribution < -0.4 is 16.2 Å². The molecule has 1 saturated carbocycles. The molecule has 0 radical (unpaired) electrons. The molecule has 0 unspecified atom stereocenters. The lowest BCUT2D eigenvalue weighted by Gasteiger charge is -2.22. The first-order valence-electron chi connectivity index (χ1n) is 12.5. The van der Waals surface area contributed by atoms with E-state index in [-0.39, 0.29) is 17.6 Å². The summed E-state index contributed by atoms with van der Waals surface area (Å²) in [4.78, 5) is 39.5. The first-order chi connectivity index (χ1) is 17.9. The number of hydrogen-bond acceptors (Lipinski definition) is 8. The van der Waals surface area contributed by atoms with Crippen LogP contribution in [0.5, 0.6) is 0 Å². The molecule has 0 saturated heterocycles. The molecule has 1 aromatic carbocycles. The van der Waals surface area contributed by atoms with E-state index >= 15 is 0 Å². The average molecular weight is 500 g/mol. The van der Waals surface area contributed by atoms with Crippen molar-refractivity contribution in [2.24, 2.45) is 0 Å². The van der Waals surface area contributed by atoms with Crippen molar-refractivity contribution in [3.63, 3.8) is 0 Å². The molecule has 0 bridgehead atoms. The third kappa shape index (κ3) is 4.07. The molecule has 0 spiro atoms. The van der Waals surface area contributed by atoms with Crippen LogP contribution in [0.15, 0.2) is 47.5 Å². The fraction of sp³-hybridized carbons (Fsp3) is 0.370. The smallest absolute Gasteiger partial charge is 0.317 e. The highest BCUT2D eigenvalue weighted by Crippen LogP contribution is 2.36. The molecule has 1 aliphatic heterocycles. The van der Waals surface area contributed by atoms with Crippen molar-refractivity contribution in [2.45, 2.75) is 51.1 Å². The van der Waals surface area contributed by atoms with Crippen LogP contribution in [0.3, 0.4) is 0 Å². The Bertz CT molecular complexity index is 1580. The van der Waals surface area contributed by atoms with Gasteiger partial charge in [0.05, 0.1) is 24.5 Å². The number of nitrogens with one attached hydrogen (secondary N) is 2. The van der Waals surface area contributed by atoms with Gasteiger partial charge in [-0.15, -0.1) is 0 Å². The van der Waals surface area contributed by atoms with Gasteiger partial charge in [0.25, 0.3) is 5.56 Å². The molecule has 0 amide bonds. The Morgan fingerprint density at radius 3 is 2.78 bits per heavy atom. The minimum Gasteiger partial charge on any atom is -0.468 e. The number of rotatable bonds is 6. The Hall–Kier alpha value is -4.05. The van der Waals surface area contributed by atoms with Crippen molar-refractivity contribution in [1.29, 1.82) is 0 Å². The number of nitrogens with zero attached hydrogens (tertiary/aromatic N) is 5. The van der Waals surface area contributed by atoms with E-state index in [1.807, 2.05) is 22.9 Å². The predicted octanol–water partition coefficient (Wildman–Crippen LogP) is 3.15. The summed E-state index contributed by atoms with van der Waals surface area (Å²) in [5.74, 6) is 0.0187. The third-order valence-corrected chi connectivity index (χ3v) is 7.19. The number of carbonyl (C=O) groups is 1. The molecule has 4 heterocycles. The van der Waals surface area contributed by atoms with Crippen LogP contribution in [-0.4, -0.2) is 43.9 Å². The third-order valence-electron chi connectivity index (χ3n) is 7.19. The summed E-state index contributed by atoms with van der Waals surface area (Å²) in [7, 11) is 1.36. The first-order valence-corrected chi connectivity index (χ1v) is 12.5. The monoisotopic (exact) mass is 499 g/mol. The van der Waals surface area contributed by atoms with Gasteiger partial charge in [-0.1, -0.05) is 6.07 Å². The van der Waals surface area contributed by atoms with E-state index in [0.29, 0.717) is 28.4 Å². The van der Waals surface area contributed by atoms with Gasteiger partial charge in [-0.2, -0.15) is 4.98 Å². The van der Waals surface area contributed by atoms with Gasteiger partial charge in [0.2, 0.25) is 5.95 Å². The molecule has 0 atom stereocenters. The quantitative estimate of drug-likeness (QED) is 0.389. The summed E-state index contributed by atoms with van der Waals surface area (Å²) in [6.45, 7) is 5.36. The second-order valence-electron chi connectivity index (χ2n) is 10.2. The van der Waals surface area contributed by atoms with E-state index in [0.717, 1.165) is 38.0 Å². The molecule has 2 N–H and O–H groups in total. The van der Waals surface area contributed by atoms with Gasteiger partial charge >= 0.3 is 5.97 Å². The maximum atomic E-state index is 13.4. The molecular formula is C27H29N7O3. The molecule has 3 aromatic heterocycles. The minimum absolute atomic E-state index is 0.0940. The molecule has 10 heteroatoms. The summed E-state index contributed by atoms with van der Waals surface area (Å²) in [6.07, 6.45) is 6.08. The van der Waals surface area contributed by atoms with E-state index in [1.54, 1.807) is 30.9 Å². The molecule has 1 aliphatic carbocycles. The number of hydrogen-bond donors (Lipinski definition) is 2. The standard InChI is InChI=1S/C27H29N7O3/c1-27(2,25(36)37-3)22-13-20(9-11-29-22)33-23-21(24(35)34(33)19-6-7-19)15-30-26(32-23)31-18-5-4-16-8-10-28-14-17(16)12-18/h4-5,9,11-13,15,19,28H,6-8,10,14H2,1-3H3,(H,30,31,32). The first kappa shape index (κ1) is 23.4. The van der Waals surface area contributed by atoms with Crippen molar-refractivity contribution in [3.05, 3.63) is 69.9 Å². The largest absolute Gasteiger partial charge is 0.468 e. The van der Waals surface area contributed by atoms with Crippen LogP contribution in [0.1, 0.15) is 49.6 Å². The Morgan fingerprint density at radius 1 is 1.16 bits per heavy atom. The van der Waals surface area contributed by atoms with E-state index in [4.69, 9.17) is 9.72 Å². The van der Waals surface area contributed by atoms with Gasteiger partial charge in [0, 0.05) is 24.6 Å². The zero-order valence-corrected chi connectivity index (χ0v) is 21.1. The SMILES string of the molecule is COC(=O)C(C)(C)c1cc(-n2c3nc(Nc4ccc5c(c4)CNCC5)ncc3c(=O)n2C2CC2)ccn1. The highest BCUT2D eigenvalue weighted by molar-refractivity contribution is 5.82. The van der Waals surface area contributed by atoms with Gasteiger partial charge in [0.15, 0.2) is 5.65 Å². The lowest BCUT2D eigenvalue weighted by molar-refractivity contribution is -0.146. The van der Waals surface area contributed by atoms with Crippen molar-refractivity contribution in [2.75, 3.05) is 19.0 Å². The number of carbonyl (C=O) groups excluding carboxylic acids is 1. The van der Waals surface area contributed by atoms with E-state index in [2.05, 4.69) is 32.7 Å². The number of fused-ring (bicyclic) bond motifs is 2. The molecule has 2 aliphatic rings. The molecule has 10 nitrogen and oxygen atoms in total. The van der Waals surface area contributed by atoms with Crippen LogP contribution in [0.2, 0.25) is 0 Å². The van der Waals surface area contributed by atoms with Crippen molar-refractivity contribution in [3.8, 4) is 5.69 Å². The zero-order chi connectivity index (χ0) is 25.7. The summed E-state index contributed by atoms with van der Waals surface area (Å²) >= 11 is 0. The summed E-state index contributed by atoms with van der Waals surface area (Å²) in [5, 5.41) is 7.15. The molecule has 37 heavy (non-hydrogen) atoms. The number of aromatic nitrogens is 5. The lowest BCUT2D eigenvalue weighted by atomic mass is 9.89. The van der Waals surface area contributed by atoms with Crippen LogP contribution in [0.25, 0.3) is 16.7 Å². The average Bonchev–Trinajstić information content (AvgIpc) is 3.71. The highest BCUT2D eigenvalue weighted by Gasteiger charge is 2.34. The fourth-order valence-electron chi connectivity index (χ4n) is 4.90. The van der Waals surface area contributed by atoms with Crippen LogP contribution >= 0.6 is 0 Å². The van der Waals surface area contributed by atoms with Crippen molar-refractivity contribution < 1.29 is 9.53 Å².